The van der Waals surface area contributed by atoms with Crippen LogP contribution < -0.4 is 0 Å². The molecule has 5 aromatic rings. The number of pyridine rings is 1. The first-order chi connectivity index (χ1) is 13.4. The van der Waals surface area contributed by atoms with Crippen LogP contribution >= 0.6 is 0 Å². The Kier molecular flexibility index (Phi) is 3.91. The Labute approximate surface area is 158 Å². The van der Waals surface area contributed by atoms with Crippen LogP contribution in [0.3, 0.4) is 0 Å². The summed E-state index contributed by atoms with van der Waals surface area (Å²) in [6.45, 7) is 0. The van der Waals surface area contributed by atoms with Gasteiger partial charge in [-0.2, -0.15) is 0 Å². The molecule has 0 atom stereocenters. The summed E-state index contributed by atoms with van der Waals surface area (Å²) in [5.41, 5.74) is 6.84. The molecular weight excluding hydrogens is 326 g/mol. The van der Waals surface area contributed by atoms with Gasteiger partial charge in [0.2, 0.25) is 0 Å². The zero-order valence-corrected chi connectivity index (χ0v) is 15.0. The smallest absolute Gasteiger partial charge is 0.0780 e. The molecule has 0 N–H and O–H groups in total. The molecule has 0 spiro atoms. The van der Waals surface area contributed by atoms with Crippen LogP contribution in [0.25, 0.3) is 32.8 Å². The van der Waals surface area contributed by atoms with E-state index in [0.29, 0.717) is 0 Å². The molecule has 1 aromatic heterocycles. The highest BCUT2D eigenvalue weighted by Gasteiger charge is 2.15. The van der Waals surface area contributed by atoms with Crippen molar-refractivity contribution >= 4 is 21.7 Å². The molecular formula is C26H19N. The fourth-order valence-corrected chi connectivity index (χ4v) is 3.89. The van der Waals surface area contributed by atoms with Crippen LogP contribution in [0, 0.1) is 0 Å². The zero-order chi connectivity index (χ0) is 18.1. The number of fused-ring (bicyclic) bond motifs is 6. The molecule has 0 saturated heterocycles. The van der Waals surface area contributed by atoms with Crippen LogP contribution in [0.4, 0.5) is 0 Å². The van der Waals surface area contributed by atoms with Gasteiger partial charge in [0.05, 0.1) is 5.52 Å². The SMILES string of the molecule is c1ccc2c(c1)Cc1ccccc1-2.c1ccc2c(c1)ccc1cccnc12. The van der Waals surface area contributed by atoms with Gasteiger partial charge in [-0.1, -0.05) is 91.0 Å². The van der Waals surface area contributed by atoms with Gasteiger partial charge in [0, 0.05) is 17.0 Å². The van der Waals surface area contributed by atoms with Crippen molar-refractivity contribution < 1.29 is 0 Å². The maximum Gasteiger partial charge on any atom is 0.0780 e. The van der Waals surface area contributed by atoms with Gasteiger partial charge in [0.1, 0.15) is 0 Å². The van der Waals surface area contributed by atoms with E-state index in [1.165, 1.54) is 38.4 Å². The molecule has 6 rings (SSSR count). The van der Waals surface area contributed by atoms with Crippen molar-refractivity contribution in [1.82, 2.24) is 4.98 Å². The maximum atomic E-state index is 4.41. The number of hydrogen-bond donors (Lipinski definition) is 0. The van der Waals surface area contributed by atoms with Gasteiger partial charge >= 0.3 is 0 Å². The largest absolute Gasteiger partial charge is 0.256 e. The second-order valence-corrected chi connectivity index (χ2v) is 6.85. The highest BCUT2D eigenvalue weighted by atomic mass is 14.6. The van der Waals surface area contributed by atoms with E-state index in [-0.39, 0.29) is 0 Å². The highest BCUT2D eigenvalue weighted by Crippen LogP contribution is 2.35. The second-order valence-electron chi connectivity index (χ2n) is 6.85. The van der Waals surface area contributed by atoms with Crippen LogP contribution in [0.5, 0.6) is 0 Å². The summed E-state index contributed by atoms with van der Waals surface area (Å²) in [5.74, 6) is 0. The zero-order valence-electron chi connectivity index (χ0n) is 15.0. The first-order valence-corrected chi connectivity index (χ1v) is 9.29. The van der Waals surface area contributed by atoms with Crippen molar-refractivity contribution in [2.24, 2.45) is 0 Å². The minimum absolute atomic E-state index is 1.09. The quantitative estimate of drug-likeness (QED) is 0.281. The van der Waals surface area contributed by atoms with Crippen LogP contribution in [0.2, 0.25) is 0 Å². The molecule has 1 aliphatic rings. The Morgan fingerprint density at radius 2 is 1.11 bits per heavy atom. The standard InChI is InChI=1S/C13H9N.C13H10/c1-2-6-12-10(4-1)7-8-11-5-3-9-14-13(11)12;1-3-7-12-10(5-1)9-11-6-2-4-8-13(11)12/h1-9H;1-8H,9H2. The Bertz CT molecular complexity index is 1160. The van der Waals surface area contributed by atoms with Crippen LogP contribution in [0.1, 0.15) is 11.1 Å². The molecule has 0 bridgehead atoms. The van der Waals surface area contributed by atoms with Gasteiger partial charge in [0.15, 0.2) is 0 Å². The molecule has 1 nitrogen and oxygen atoms in total. The summed E-state index contributed by atoms with van der Waals surface area (Å²) in [6.07, 6.45) is 2.95. The fraction of sp³-hybridized carbons (Fsp3) is 0.0385. The Balaban J connectivity index is 0.000000119. The lowest BCUT2D eigenvalue weighted by Crippen LogP contribution is -1.79. The molecule has 27 heavy (non-hydrogen) atoms. The second kappa shape index (κ2) is 6.69. The fourth-order valence-electron chi connectivity index (χ4n) is 3.89. The summed E-state index contributed by atoms with van der Waals surface area (Å²) in [5, 5.41) is 3.68. The summed E-state index contributed by atoms with van der Waals surface area (Å²) in [6, 6.07) is 34.0. The number of hydrogen-bond acceptors (Lipinski definition) is 1. The molecule has 0 aliphatic heterocycles. The van der Waals surface area contributed by atoms with Gasteiger partial charge in [0.25, 0.3) is 0 Å². The number of aromatic nitrogens is 1. The van der Waals surface area contributed by atoms with E-state index in [1.807, 2.05) is 12.3 Å². The molecule has 4 aromatic carbocycles. The summed E-state index contributed by atoms with van der Waals surface area (Å²) >= 11 is 0. The van der Waals surface area contributed by atoms with Crippen molar-refractivity contribution in [3.63, 3.8) is 0 Å². The lowest BCUT2D eigenvalue weighted by molar-refractivity contribution is 1.26. The van der Waals surface area contributed by atoms with E-state index in [9.17, 15) is 0 Å². The topological polar surface area (TPSA) is 12.9 Å². The van der Waals surface area contributed by atoms with Gasteiger partial charge in [-0.15, -0.1) is 0 Å². The predicted molar refractivity (Wildman–Crippen MR) is 114 cm³/mol. The molecule has 0 fully saturated rings. The Hall–Kier alpha value is -3.45. The molecule has 1 heteroatoms. The maximum absolute atomic E-state index is 4.41. The Morgan fingerprint density at radius 1 is 0.519 bits per heavy atom. The van der Waals surface area contributed by atoms with Crippen LogP contribution in [-0.2, 0) is 6.42 Å². The summed E-state index contributed by atoms with van der Waals surface area (Å²) in [4.78, 5) is 4.41. The molecule has 0 unspecified atom stereocenters. The average Bonchev–Trinajstić information content (AvgIpc) is 3.13. The van der Waals surface area contributed by atoms with Gasteiger partial charge in [-0.3, -0.25) is 4.98 Å². The molecule has 0 amide bonds. The van der Waals surface area contributed by atoms with Crippen LogP contribution in [-0.4, -0.2) is 4.98 Å². The predicted octanol–water partition coefficient (Wildman–Crippen LogP) is 6.65. The number of nitrogens with zero attached hydrogens (tertiary/aromatic N) is 1. The lowest BCUT2D eigenvalue weighted by atomic mass is 10.1. The van der Waals surface area contributed by atoms with Crippen molar-refractivity contribution in [3.8, 4) is 11.1 Å². The third-order valence-corrected chi connectivity index (χ3v) is 5.20. The van der Waals surface area contributed by atoms with E-state index < -0.39 is 0 Å². The van der Waals surface area contributed by atoms with E-state index in [0.717, 1.165) is 11.9 Å². The van der Waals surface area contributed by atoms with E-state index in [1.54, 1.807) is 0 Å². The van der Waals surface area contributed by atoms with Gasteiger partial charge in [-0.25, -0.2) is 0 Å². The Morgan fingerprint density at radius 3 is 1.89 bits per heavy atom. The normalized spacial score (nSPS) is 11.6. The molecule has 0 radical (unpaired) electrons. The number of benzene rings is 4. The summed E-state index contributed by atoms with van der Waals surface area (Å²) in [7, 11) is 0. The van der Waals surface area contributed by atoms with Crippen molar-refractivity contribution in [3.05, 3.63) is 114 Å². The van der Waals surface area contributed by atoms with E-state index in [4.69, 9.17) is 0 Å². The first kappa shape index (κ1) is 15.8. The third kappa shape index (κ3) is 2.88. The number of rotatable bonds is 0. The molecule has 0 saturated carbocycles. The molecule has 1 aliphatic carbocycles. The van der Waals surface area contributed by atoms with E-state index in [2.05, 4.69) is 96.0 Å². The van der Waals surface area contributed by atoms with E-state index >= 15 is 0 Å². The van der Waals surface area contributed by atoms with Crippen molar-refractivity contribution in [2.45, 2.75) is 6.42 Å². The summed E-state index contributed by atoms with van der Waals surface area (Å²) < 4.78 is 0. The lowest BCUT2D eigenvalue weighted by Gasteiger charge is -2.01. The first-order valence-electron chi connectivity index (χ1n) is 9.29. The minimum atomic E-state index is 1.09. The minimum Gasteiger partial charge on any atom is -0.256 e. The highest BCUT2D eigenvalue weighted by molar-refractivity contribution is 6.04. The van der Waals surface area contributed by atoms with Gasteiger partial charge < -0.3 is 0 Å². The van der Waals surface area contributed by atoms with Crippen molar-refractivity contribution in [2.75, 3.05) is 0 Å². The van der Waals surface area contributed by atoms with Gasteiger partial charge in [-0.05, 0) is 40.1 Å². The van der Waals surface area contributed by atoms with Crippen molar-refractivity contribution in [1.29, 1.82) is 0 Å². The molecule has 128 valence electrons. The average molecular weight is 345 g/mol. The monoisotopic (exact) mass is 345 g/mol. The molecule has 1 heterocycles. The third-order valence-electron chi connectivity index (χ3n) is 5.20. The van der Waals surface area contributed by atoms with Crippen LogP contribution in [0.15, 0.2) is 103 Å².